The molecule has 1 heterocycles. The first-order chi connectivity index (χ1) is 8.55. The maximum atomic E-state index is 13.3. The Balaban J connectivity index is 2.17. The standard InChI is InChI=1S/C15H22FNS/c1-11-5-6-13(16)9-12(11)10-14(17-3)15(2)7-4-8-18-15/h5-6,9,14,17H,4,7-8,10H2,1-3H3. The lowest BCUT2D eigenvalue weighted by molar-refractivity contribution is 0.423. The molecule has 0 spiro atoms. The van der Waals surface area contributed by atoms with Gasteiger partial charge in [0.2, 0.25) is 0 Å². The van der Waals surface area contributed by atoms with Crippen LogP contribution in [0.15, 0.2) is 18.2 Å². The average Bonchev–Trinajstić information content (AvgIpc) is 2.78. The van der Waals surface area contributed by atoms with Crippen molar-refractivity contribution in [3.63, 3.8) is 0 Å². The van der Waals surface area contributed by atoms with Gasteiger partial charge in [0.15, 0.2) is 0 Å². The Morgan fingerprint density at radius 3 is 2.89 bits per heavy atom. The number of nitrogens with one attached hydrogen (secondary N) is 1. The molecule has 1 nitrogen and oxygen atoms in total. The van der Waals surface area contributed by atoms with E-state index in [4.69, 9.17) is 0 Å². The lowest BCUT2D eigenvalue weighted by Gasteiger charge is -2.33. The van der Waals surface area contributed by atoms with Crippen molar-refractivity contribution in [1.29, 1.82) is 0 Å². The van der Waals surface area contributed by atoms with Crippen LogP contribution in [0.5, 0.6) is 0 Å². The van der Waals surface area contributed by atoms with Crippen molar-refractivity contribution in [3.8, 4) is 0 Å². The summed E-state index contributed by atoms with van der Waals surface area (Å²) in [5.41, 5.74) is 2.31. The van der Waals surface area contributed by atoms with Crippen LogP contribution in [0, 0.1) is 12.7 Å². The van der Waals surface area contributed by atoms with Crippen molar-refractivity contribution < 1.29 is 4.39 Å². The van der Waals surface area contributed by atoms with Gasteiger partial charge in [-0.1, -0.05) is 6.07 Å². The Kier molecular flexibility index (Phi) is 4.33. The second-order valence-corrected chi connectivity index (χ2v) is 7.01. The van der Waals surface area contributed by atoms with Crippen molar-refractivity contribution in [2.24, 2.45) is 0 Å². The largest absolute Gasteiger partial charge is 0.315 e. The Morgan fingerprint density at radius 2 is 2.28 bits per heavy atom. The third-order valence-electron chi connectivity index (χ3n) is 4.07. The van der Waals surface area contributed by atoms with Crippen molar-refractivity contribution in [1.82, 2.24) is 5.32 Å². The third kappa shape index (κ3) is 2.89. The topological polar surface area (TPSA) is 12.0 Å². The maximum Gasteiger partial charge on any atom is 0.123 e. The molecule has 1 aliphatic heterocycles. The minimum absolute atomic E-state index is 0.130. The van der Waals surface area contributed by atoms with Crippen LogP contribution < -0.4 is 5.32 Å². The molecule has 18 heavy (non-hydrogen) atoms. The molecule has 100 valence electrons. The van der Waals surface area contributed by atoms with Crippen molar-refractivity contribution in [2.45, 2.75) is 43.9 Å². The lowest BCUT2D eigenvalue weighted by Crippen LogP contribution is -2.45. The summed E-state index contributed by atoms with van der Waals surface area (Å²) in [6, 6.07) is 5.51. The second kappa shape index (κ2) is 5.62. The quantitative estimate of drug-likeness (QED) is 0.895. The molecule has 2 unspecified atom stereocenters. The van der Waals surface area contributed by atoms with Gasteiger partial charge in [0.25, 0.3) is 0 Å². The van der Waals surface area contributed by atoms with Gasteiger partial charge in [0.05, 0.1) is 0 Å². The summed E-state index contributed by atoms with van der Waals surface area (Å²) >= 11 is 2.05. The lowest BCUT2D eigenvalue weighted by atomic mass is 9.89. The van der Waals surface area contributed by atoms with Gasteiger partial charge in [-0.3, -0.25) is 0 Å². The molecule has 0 aliphatic carbocycles. The van der Waals surface area contributed by atoms with Gasteiger partial charge in [-0.25, -0.2) is 4.39 Å². The Labute approximate surface area is 114 Å². The van der Waals surface area contributed by atoms with E-state index in [1.165, 1.54) is 24.2 Å². The Morgan fingerprint density at radius 1 is 1.50 bits per heavy atom. The normalized spacial score (nSPS) is 25.3. The fourth-order valence-corrected chi connectivity index (χ4v) is 4.22. The predicted molar refractivity (Wildman–Crippen MR) is 77.8 cm³/mol. The summed E-state index contributed by atoms with van der Waals surface area (Å²) in [6.45, 7) is 4.39. The van der Waals surface area contributed by atoms with E-state index in [-0.39, 0.29) is 10.6 Å². The molecule has 0 saturated carbocycles. The van der Waals surface area contributed by atoms with E-state index in [1.54, 1.807) is 12.1 Å². The maximum absolute atomic E-state index is 13.3. The molecule has 1 aliphatic rings. The number of rotatable bonds is 4. The zero-order valence-electron chi connectivity index (χ0n) is 11.4. The fourth-order valence-electron chi connectivity index (χ4n) is 2.78. The summed E-state index contributed by atoms with van der Waals surface area (Å²) in [6.07, 6.45) is 3.45. The first-order valence-corrected chi connectivity index (χ1v) is 7.60. The van der Waals surface area contributed by atoms with Gasteiger partial charge in [0.1, 0.15) is 5.82 Å². The molecule has 1 saturated heterocycles. The van der Waals surface area contributed by atoms with Crippen molar-refractivity contribution in [2.75, 3.05) is 12.8 Å². The highest BCUT2D eigenvalue weighted by molar-refractivity contribution is 8.00. The number of halogens is 1. The average molecular weight is 267 g/mol. The summed E-state index contributed by atoms with van der Waals surface area (Å²) in [5.74, 6) is 1.12. The molecule has 2 rings (SSSR count). The highest BCUT2D eigenvalue weighted by atomic mass is 32.2. The van der Waals surface area contributed by atoms with Crippen LogP contribution in [0.2, 0.25) is 0 Å². The van der Waals surface area contributed by atoms with Crippen LogP contribution in [0.4, 0.5) is 4.39 Å². The minimum atomic E-state index is -0.130. The van der Waals surface area contributed by atoms with E-state index < -0.39 is 0 Å². The minimum Gasteiger partial charge on any atom is -0.315 e. The third-order valence-corrected chi connectivity index (χ3v) is 5.71. The molecule has 0 bridgehead atoms. The number of aryl methyl sites for hydroxylation is 1. The summed E-state index contributed by atoms with van der Waals surface area (Å²) in [5, 5.41) is 3.44. The van der Waals surface area contributed by atoms with Crippen molar-refractivity contribution >= 4 is 11.8 Å². The summed E-state index contributed by atoms with van der Waals surface area (Å²) < 4.78 is 13.6. The van der Waals surface area contributed by atoms with Crippen LogP contribution >= 0.6 is 11.8 Å². The Hall–Kier alpha value is -0.540. The number of hydrogen-bond acceptors (Lipinski definition) is 2. The van der Waals surface area contributed by atoms with E-state index in [0.717, 1.165) is 12.0 Å². The van der Waals surface area contributed by atoms with Crippen LogP contribution in [0.3, 0.4) is 0 Å². The zero-order chi connectivity index (χ0) is 13.2. The summed E-state index contributed by atoms with van der Waals surface area (Å²) in [4.78, 5) is 0. The molecular weight excluding hydrogens is 245 g/mol. The smallest absolute Gasteiger partial charge is 0.123 e. The number of likely N-dealkylation sites (N-methyl/N-ethyl adjacent to an activating group) is 1. The van der Waals surface area contributed by atoms with E-state index in [0.29, 0.717) is 6.04 Å². The fraction of sp³-hybridized carbons (Fsp3) is 0.600. The Bertz CT molecular complexity index is 413. The SMILES string of the molecule is CNC(Cc1cc(F)ccc1C)C1(C)CCCS1. The molecule has 1 N–H and O–H groups in total. The highest BCUT2D eigenvalue weighted by Crippen LogP contribution is 2.41. The van der Waals surface area contributed by atoms with Gasteiger partial charge in [-0.15, -0.1) is 0 Å². The van der Waals surface area contributed by atoms with Crippen LogP contribution in [-0.4, -0.2) is 23.6 Å². The highest BCUT2D eigenvalue weighted by Gasteiger charge is 2.37. The van der Waals surface area contributed by atoms with E-state index in [9.17, 15) is 4.39 Å². The van der Waals surface area contributed by atoms with E-state index >= 15 is 0 Å². The number of benzene rings is 1. The van der Waals surface area contributed by atoms with Gasteiger partial charge in [0, 0.05) is 10.8 Å². The number of hydrogen-bond donors (Lipinski definition) is 1. The van der Waals surface area contributed by atoms with Crippen LogP contribution in [0.25, 0.3) is 0 Å². The van der Waals surface area contributed by atoms with Crippen LogP contribution in [0.1, 0.15) is 30.9 Å². The molecule has 1 aromatic carbocycles. The van der Waals surface area contributed by atoms with E-state index in [2.05, 4.69) is 30.9 Å². The molecule has 2 atom stereocenters. The summed E-state index contributed by atoms with van der Waals surface area (Å²) in [7, 11) is 2.02. The van der Waals surface area contributed by atoms with Crippen LogP contribution in [-0.2, 0) is 6.42 Å². The zero-order valence-corrected chi connectivity index (χ0v) is 12.2. The van der Waals surface area contributed by atoms with Gasteiger partial charge in [-0.05, 0) is 69.2 Å². The van der Waals surface area contributed by atoms with Gasteiger partial charge < -0.3 is 5.32 Å². The molecule has 0 radical (unpaired) electrons. The molecule has 0 aromatic heterocycles. The monoisotopic (exact) mass is 267 g/mol. The van der Waals surface area contributed by atoms with Gasteiger partial charge >= 0.3 is 0 Å². The molecule has 0 amide bonds. The predicted octanol–water partition coefficient (Wildman–Crippen LogP) is 3.55. The number of thioether (sulfide) groups is 1. The first kappa shape index (κ1) is 13.9. The van der Waals surface area contributed by atoms with Crippen molar-refractivity contribution in [3.05, 3.63) is 35.1 Å². The van der Waals surface area contributed by atoms with Gasteiger partial charge in [-0.2, -0.15) is 11.8 Å². The molecule has 1 aromatic rings. The molecule has 1 fully saturated rings. The molecule has 3 heteroatoms. The first-order valence-electron chi connectivity index (χ1n) is 6.61. The molecular formula is C15H22FNS. The van der Waals surface area contributed by atoms with E-state index in [1.807, 2.05) is 13.1 Å². The second-order valence-electron chi connectivity index (χ2n) is 5.38.